The molecule has 0 saturated carbocycles. The Kier molecular flexibility index (Phi) is 3.86. The van der Waals surface area contributed by atoms with Gasteiger partial charge >= 0.3 is 0 Å². The molecule has 1 N–H and O–H groups in total. The van der Waals surface area contributed by atoms with Crippen LogP contribution in [0, 0.1) is 12.7 Å². The van der Waals surface area contributed by atoms with Crippen LogP contribution in [0.1, 0.15) is 22.8 Å². The van der Waals surface area contributed by atoms with Crippen LogP contribution >= 0.6 is 0 Å². The Morgan fingerprint density at radius 3 is 2.61 bits per heavy atom. The number of halogens is 1. The van der Waals surface area contributed by atoms with Crippen LogP contribution in [0.25, 0.3) is 0 Å². The number of carbonyl (C=O) groups is 2. The van der Waals surface area contributed by atoms with Crippen LogP contribution < -0.4 is 10.2 Å². The van der Waals surface area contributed by atoms with Crippen LogP contribution in [0.5, 0.6) is 0 Å². The van der Waals surface area contributed by atoms with Gasteiger partial charge in [-0.2, -0.15) is 0 Å². The molecule has 5 heteroatoms. The number of benzene rings is 2. The molecule has 2 aromatic carbocycles. The normalized spacial score (nSPS) is 16.7. The van der Waals surface area contributed by atoms with Crippen LogP contribution in [0.4, 0.5) is 15.8 Å². The first-order valence-electron chi connectivity index (χ1n) is 7.43. The number of carbonyl (C=O) groups excluding carboxylic acids is 2. The van der Waals surface area contributed by atoms with Crippen molar-refractivity contribution >= 4 is 23.1 Å². The number of anilines is 2. The second-order valence-corrected chi connectivity index (χ2v) is 5.74. The molecule has 1 unspecified atom stereocenters. The minimum Gasteiger partial charge on any atom is -0.372 e. The van der Waals surface area contributed by atoms with E-state index in [1.807, 2.05) is 19.1 Å². The van der Waals surface area contributed by atoms with Gasteiger partial charge in [-0.1, -0.05) is 29.8 Å². The summed E-state index contributed by atoms with van der Waals surface area (Å²) < 4.78 is 13.4. The fraction of sp³-hybridized carbons (Fsp3) is 0.222. The van der Waals surface area contributed by atoms with E-state index in [9.17, 15) is 14.0 Å². The monoisotopic (exact) mass is 312 g/mol. The highest BCUT2D eigenvalue weighted by Crippen LogP contribution is 2.32. The van der Waals surface area contributed by atoms with Gasteiger partial charge in [0.15, 0.2) is 5.78 Å². The van der Waals surface area contributed by atoms with Crippen molar-refractivity contribution in [2.45, 2.75) is 19.9 Å². The molecule has 2 aromatic rings. The zero-order valence-corrected chi connectivity index (χ0v) is 13.0. The van der Waals surface area contributed by atoms with Gasteiger partial charge in [-0.05, 0) is 32.0 Å². The number of ketones is 1. The number of Topliss-reactive ketones (excluding diaryl/α,β-unsaturated/α-hetero) is 1. The van der Waals surface area contributed by atoms with Crippen molar-refractivity contribution < 1.29 is 14.0 Å². The predicted octanol–water partition coefficient (Wildman–Crippen LogP) is 3.16. The van der Waals surface area contributed by atoms with Crippen LogP contribution in [0.15, 0.2) is 42.5 Å². The van der Waals surface area contributed by atoms with Crippen LogP contribution in [0.3, 0.4) is 0 Å². The lowest BCUT2D eigenvalue weighted by atomic mass is 10.1. The Balaban J connectivity index is 1.91. The highest BCUT2D eigenvalue weighted by atomic mass is 19.1. The summed E-state index contributed by atoms with van der Waals surface area (Å²) in [5, 5.41) is 2.96. The van der Waals surface area contributed by atoms with E-state index in [1.165, 1.54) is 23.1 Å². The molecule has 0 spiro atoms. The summed E-state index contributed by atoms with van der Waals surface area (Å²) in [6.07, 6.45) is 0. The lowest BCUT2D eigenvalue weighted by Crippen LogP contribution is -2.47. The van der Waals surface area contributed by atoms with E-state index in [0.717, 1.165) is 5.56 Å². The Morgan fingerprint density at radius 2 is 1.91 bits per heavy atom. The SMILES string of the molecule is Cc1ccc(C(=O)CN2C(=O)C(C)Nc3cc(F)ccc32)cc1. The molecule has 0 fully saturated rings. The highest BCUT2D eigenvalue weighted by Gasteiger charge is 2.31. The van der Waals surface area contributed by atoms with Crippen molar-refractivity contribution in [3.8, 4) is 0 Å². The lowest BCUT2D eigenvalue weighted by Gasteiger charge is -2.33. The lowest BCUT2D eigenvalue weighted by molar-refractivity contribution is -0.119. The van der Waals surface area contributed by atoms with E-state index in [0.29, 0.717) is 16.9 Å². The Morgan fingerprint density at radius 1 is 1.22 bits per heavy atom. The van der Waals surface area contributed by atoms with E-state index in [-0.39, 0.29) is 24.1 Å². The molecule has 0 radical (unpaired) electrons. The zero-order chi connectivity index (χ0) is 16.6. The topological polar surface area (TPSA) is 49.4 Å². The first-order chi connectivity index (χ1) is 11.0. The third-order valence-electron chi connectivity index (χ3n) is 3.93. The maximum atomic E-state index is 13.4. The Bertz CT molecular complexity index is 771. The summed E-state index contributed by atoms with van der Waals surface area (Å²) in [5.74, 6) is -0.741. The molecule has 1 aliphatic heterocycles. The van der Waals surface area contributed by atoms with Crippen molar-refractivity contribution in [1.82, 2.24) is 0 Å². The molecule has 1 heterocycles. The second kappa shape index (κ2) is 5.83. The fourth-order valence-electron chi connectivity index (χ4n) is 2.64. The number of amides is 1. The molecular formula is C18H17FN2O2. The number of fused-ring (bicyclic) bond motifs is 1. The highest BCUT2D eigenvalue weighted by molar-refractivity contribution is 6.10. The van der Waals surface area contributed by atoms with Crippen molar-refractivity contribution in [1.29, 1.82) is 0 Å². The van der Waals surface area contributed by atoms with Gasteiger partial charge < -0.3 is 10.2 Å². The van der Waals surface area contributed by atoms with Gasteiger partial charge in [0.05, 0.1) is 17.9 Å². The van der Waals surface area contributed by atoms with E-state index >= 15 is 0 Å². The molecule has 1 amide bonds. The molecular weight excluding hydrogens is 295 g/mol. The van der Waals surface area contributed by atoms with Gasteiger partial charge in [0.1, 0.15) is 11.9 Å². The summed E-state index contributed by atoms with van der Waals surface area (Å²) in [4.78, 5) is 26.3. The van der Waals surface area contributed by atoms with Crippen molar-refractivity contribution in [3.05, 3.63) is 59.4 Å². The maximum absolute atomic E-state index is 13.4. The minimum atomic E-state index is -0.505. The number of nitrogens with zero attached hydrogens (tertiary/aromatic N) is 1. The first-order valence-corrected chi connectivity index (χ1v) is 7.43. The molecule has 0 aromatic heterocycles. The van der Waals surface area contributed by atoms with Gasteiger partial charge in [0.2, 0.25) is 5.91 Å². The number of hydrogen-bond donors (Lipinski definition) is 1. The predicted molar refractivity (Wildman–Crippen MR) is 87.3 cm³/mol. The summed E-state index contributed by atoms with van der Waals surface area (Å²) in [6.45, 7) is 3.58. The van der Waals surface area contributed by atoms with E-state index in [2.05, 4.69) is 5.32 Å². The quantitative estimate of drug-likeness (QED) is 0.886. The maximum Gasteiger partial charge on any atom is 0.249 e. The molecule has 1 atom stereocenters. The molecule has 3 rings (SSSR count). The van der Waals surface area contributed by atoms with Gasteiger partial charge in [-0.3, -0.25) is 9.59 Å². The molecule has 1 aliphatic rings. The van der Waals surface area contributed by atoms with Gasteiger partial charge in [0.25, 0.3) is 0 Å². The number of hydrogen-bond acceptors (Lipinski definition) is 3. The summed E-state index contributed by atoms with van der Waals surface area (Å²) in [6, 6.07) is 10.9. The third-order valence-corrected chi connectivity index (χ3v) is 3.93. The average Bonchev–Trinajstić information content (AvgIpc) is 2.52. The van der Waals surface area contributed by atoms with Crippen LogP contribution in [0.2, 0.25) is 0 Å². The Hall–Kier alpha value is -2.69. The zero-order valence-electron chi connectivity index (χ0n) is 13.0. The number of aryl methyl sites for hydroxylation is 1. The molecule has 0 saturated heterocycles. The van der Waals surface area contributed by atoms with Crippen LogP contribution in [-0.2, 0) is 4.79 Å². The Labute approximate surface area is 133 Å². The largest absolute Gasteiger partial charge is 0.372 e. The average molecular weight is 312 g/mol. The summed E-state index contributed by atoms with van der Waals surface area (Å²) in [7, 11) is 0. The minimum absolute atomic E-state index is 0.0629. The smallest absolute Gasteiger partial charge is 0.249 e. The third kappa shape index (κ3) is 2.95. The van der Waals surface area contributed by atoms with Gasteiger partial charge in [-0.25, -0.2) is 4.39 Å². The van der Waals surface area contributed by atoms with Crippen molar-refractivity contribution in [2.75, 3.05) is 16.8 Å². The molecule has 4 nitrogen and oxygen atoms in total. The molecule has 23 heavy (non-hydrogen) atoms. The van der Waals surface area contributed by atoms with E-state index < -0.39 is 6.04 Å². The molecule has 118 valence electrons. The summed E-state index contributed by atoms with van der Waals surface area (Å²) >= 11 is 0. The number of nitrogens with one attached hydrogen (secondary N) is 1. The van der Waals surface area contributed by atoms with Crippen molar-refractivity contribution in [2.24, 2.45) is 0 Å². The van der Waals surface area contributed by atoms with Gasteiger partial charge in [0, 0.05) is 5.56 Å². The standard InChI is InChI=1S/C18H17FN2O2/c1-11-3-5-13(6-4-11)17(22)10-21-16-8-7-14(19)9-15(16)20-12(2)18(21)23/h3-9,12,20H,10H2,1-2H3. The fourth-order valence-corrected chi connectivity index (χ4v) is 2.64. The second-order valence-electron chi connectivity index (χ2n) is 5.74. The first kappa shape index (κ1) is 15.2. The molecule has 0 aliphatic carbocycles. The number of rotatable bonds is 3. The van der Waals surface area contributed by atoms with Crippen LogP contribution in [-0.4, -0.2) is 24.3 Å². The van der Waals surface area contributed by atoms with E-state index in [4.69, 9.17) is 0 Å². The van der Waals surface area contributed by atoms with Crippen molar-refractivity contribution in [3.63, 3.8) is 0 Å². The van der Waals surface area contributed by atoms with Gasteiger partial charge in [-0.15, -0.1) is 0 Å². The summed E-state index contributed by atoms with van der Waals surface area (Å²) in [5.41, 5.74) is 2.66. The van der Waals surface area contributed by atoms with E-state index in [1.54, 1.807) is 19.1 Å². The molecule has 0 bridgehead atoms.